The van der Waals surface area contributed by atoms with Crippen LogP contribution in [0.2, 0.25) is 5.02 Å². The maximum absolute atomic E-state index is 12.6. The minimum absolute atomic E-state index is 0.227. The molecule has 0 aliphatic carbocycles. The van der Waals surface area contributed by atoms with Gasteiger partial charge < -0.3 is 5.32 Å². The second-order valence-corrected chi connectivity index (χ2v) is 7.05. The Balaban J connectivity index is 1.75. The molecule has 23 heavy (non-hydrogen) atoms. The van der Waals surface area contributed by atoms with Crippen LogP contribution in [0.3, 0.4) is 0 Å². The normalized spacial score (nSPS) is 11.2. The van der Waals surface area contributed by atoms with Crippen LogP contribution >= 0.6 is 34.7 Å². The van der Waals surface area contributed by atoms with Gasteiger partial charge in [0.25, 0.3) is 5.91 Å². The summed E-state index contributed by atoms with van der Waals surface area (Å²) in [7, 11) is 0. The van der Waals surface area contributed by atoms with Gasteiger partial charge in [-0.2, -0.15) is 8.75 Å². The SMILES string of the molecule is Cc1ccc(NC(=O)c2sc3ccccc3c2Cl)c2nsnc12. The van der Waals surface area contributed by atoms with Crippen LogP contribution in [-0.4, -0.2) is 14.7 Å². The first-order valence-electron chi connectivity index (χ1n) is 6.85. The third-order valence-electron chi connectivity index (χ3n) is 3.61. The van der Waals surface area contributed by atoms with Crippen LogP contribution in [0, 0.1) is 6.92 Å². The van der Waals surface area contributed by atoms with E-state index >= 15 is 0 Å². The first-order chi connectivity index (χ1) is 11.1. The molecular weight excluding hydrogens is 350 g/mol. The van der Waals surface area contributed by atoms with Gasteiger partial charge in [0.05, 0.1) is 22.4 Å². The van der Waals surface area contributed by atoms with E-state index in [2.05, 4.69) is 14.1 Å². The molecule has 4 nitrogen and oxygen atoms in total. The van der Waals surface area contributed by atoms with Gasteiger partial charge in [0.1, 0.15) is 15.9 Å². The number of benzene rings is 2. The molecule has 0 aliphatic heterocycles. The molecule has 4 aromatic rings. The monoisotopic (exact) mass is 359 g/mol. The summed E-state index contributed by atoms with van der Waals surface area (Å²) in [5.41, 5.74) is 3.21. The Hall–Kier alpha value is -2.02. The molecule has 0 saturated carbocycles. The molecule has 4 rings (SSSR count). The fraction of sp³-hybridized carbons (Fsp3) is 0.0625. The zero-order valence-corrected chi connectivity index (χ0v) is 14.4. The lowest BCUT2D eigenvalue weighted by molar-refractivity contribution is 0.103. The molecule has 0 atom stereocenters. The zero-order valence-electron chi connectivity index (χ0n) is 12.0. The number of hydrogen-bond acceptors (Lipinski definition) is 5. The van der Waals surface area contributed by atoms with Crippen molar-refractivity contribution in [1.82, 2.24) is 8.75 Å². The average Bonchev–Trinajstić information content (AvgIpc) is 3.16. The van der Waals surface area contributed by atoms with Crippen molar-refractivity contribution in [2.45, 2.75) is 6.92 Å². The number of halogens is 1. The molecule has 2 heterocycles. The van der Waals surface area contributed by atoms with Gasteiger partial charge in [-0.25, -0.2) is 0 Å². The van der Waals surface area contributed by atoms with Crippen LogP contribution in [0.5, 0.6) is 0 Å². The summed E-state index contributed by atoms with van der Waals surface area (Å²) in [5, 5.41) is 4.29. The number of rotatable bonds is 2. The van der Waals surface area contributed by atoms with Gasteiger partial charge in [0.2, 0.25) is 0 Å². The molecule has 114 valence electrons. The number of aromatic nitrogens is 2. The Morgan fingerprint density at radius 3 is 2.74 bits per heavy atom. The molecule has 1 amide bonds. The first kappa shape index (κ1) is 14.6. The molecule has 7 heteroatoms. The molecule has 0 aliphatic rings. The average molecular weight is 360 g/mol. The van der Waals surface area contributed by atoms with Crippen molar-refractivity contribution < 1.29 is 4.79 Å². The highest BCUT2D eigenvalue weighted by molar-refractivity contribution is 7.21. The first-order valence-corrected chi connectivity index (χ1v) is 8.78. The van der Waals surface area contributed by atoms with E-state index in [9.17, 15) is 4.79 Å². The van der Waals surface area contributed by atoms with Gasteiger partial charge >= 0.3 is 0 Å². The second-order valence-electron chi connectivity index (χ2n) is 5.09. The summed E-state index contributed by atoms with van der Waals surface area (Å²) in [6.07, 6.45) is 0. The summed E-state index contributed by atoms with van der Waals surface area (Å²) in [6.45, 7) is 1.97. The Morgan fingerprint density at radius 1 is 1.13 bits per heavy atom. The molecule has 1 N–H and O–H groups in total. The molecule has 2 aromatic carbocycles. The lowest BCUT2D eigenvalue weighted by Crippen LogP contribution is -2.11. The van der Waals surface area contributed by atoms with E-state index in [1.54, 1.807) is 0 Å². The highest BCUT2D eigenvalue weighted by Crippen LogP contribution is 2.36. The highest BCUT2D eigenvalue weighted by Gasteiger charge is 2.18. The van der Waals surface area contributed by atoms with Crippen molar-refractivity contribution >= 4 is 67.4 Å². The maximum atomic E-state index is 12.6. The number of carbonyl (C=O) groups is 1. The number of fused-ring (bicyclic) bond motifs is 2. The van der Waals surface area contributed by atoms with Gasteiger partial charge in [0.15, 0.2) is 0 Å². The van der Waals surface area contributed by atoms with Crippen molar-refractivity contribution in [3.05, 3.63) is 51.9 Å². The standard InChI is InChI=1S/C16H10ClN3OS2/c1-8-6-7-10(14-13(8)19-23-20-14)18-16(21)15-12(17)9-4-2-3-5-11(9)22-15/h2-7H,1H3,(H,18,21). The summed E-state index contributed by atoms with van der Waals surface area (Å²) in [5.74, 6) is -0.227. The van der Waals surface area contributed by atoms with Gasteiger partial charge in [-0.15, -0.1) is 11.3 Å². The third kappa shape index (κ3) is 2.39. The van der Waals surface area contributed by atoms with Crippen LogP contribution in [0.25, 0.3) is 21.1 Å². The number of anilines is 1. The lowest BCUT2D eigenvalue weighted by Gasteiger charge is -2.05. The quantitative estimate of drug-likeness (QED) is 0.540. The molecular formula is C16H10ClN3OS2. The number of nitrogens with zero attached hydrogens (tertiary/aromatic N) is 2. The topological polar surface area (TPSA) is 54.9 Å². The molecule has 0 bridgehead atoms. The number of amides is 1. The van der Waals surface area contributed by atoms with Crippen LogP contribution in [0.4, 0.5) is 5.69 Å². The second kappa shape index (κ2) is 5.56. The van der Waals surface area contributed by atoms with E-state index in [1.165, 1.54) is 11.3 Å². The Bertz CT molecular complexity index is 1050. The maximum Gasteiger partial charge on any atom is 0.267 e. The van der Waals surface area contributed by atoms with Gasteiger partial charge in [-0.05, 0) is 24.6 Å². The van der Waals surface area contributed by atoms with Crippen molar-refractivity contribution in [2.75, 3.05) is 5.32 Å². The summed E-state index contributed by atoms with van der Waals surface area (Å²) in [6, 6.07) is 11.5. The molecule has 0 radical (unpaired) electrons. The lowest BCUT2D eigenvalue weighted by atomic mass is 10.2. The van der Waals surface area contributed by atoms with Crippen LogP contribution < -0.4 is 5.32 Å². The number of hydrogen-bond donors (Lipinski definition) is 1. The fourth-order valence-corrected chi connectivity index (χ4v) is 4.46. The number of nitrogens with one attached hydrogen (secondary N) is 1. The summed E-state index contributed by atoms with van der Waals surface area (Å²) >= 11 is 8.88. The fourth-order valence-electron chi connectivity index (χ4n) is 2.43. The predicted molar refractivity (Wildman–Crippen MR) is 96.9 cm³/mol. The predicted octanol–water partition coefficient (Wildman–Crippen LogP) is 5.12. The Morgan fingerprint density at radius 2 is 1.91 bits per heavy atom. The van der Waals surface area contributed by atoms with Crippen molar-refractivity contribution in [2.24, 2.45) is 0 Å². The van der Waals surface area contributed by atoms with Gasteiger partial charge in [-0.1, -0.05) is 35.9 Å². The van der Waals surface area contributed by atoms with E-state index in [1.807, 2.05) is 43.3 Å². The highest BCUT2D eigenvalue weighted by atomic mass is 35.5. The van der Waals surface area contributed by atoms with Crippen LogP contribution in [0.15, 0.2) is 36.4 Å². The Labute approximate surface area is 145 Å². The number of aryl methyl sites for hydroxylation is 1. The van der Waals surface area contributed by atoms with Crippen molar-refractivity contribution in [1.29, 1.82) is 0 Å². The zero-order chi connectivity index (χ0) is 16.0. The van der Waals surface area contributed by atoms with E-state index < -0.39 is 0 Å². The van der Waals surface area contributed by atoms with Crippen LogP contribution in [0.1, 0.15) is 15.2 Å². The number of carbonyl (C=O) groups excluding carboxylic acids is 1. The minimum Gasteiger partial charge on any atom is -0.319 e. The van der Waals surface area contributed by atoms with Crippen LogP contribution in [-0.2, 0) is 0 Å². The molecule has 0 spiro atoms. The summed E-state index contributed by atoms with van der Waals surface area (Å²) in [4.78, 5) is 13.1. The molecule has 0 unspecified atom stereocenters. The van der Waals surface area contributed by atoms with Gasteiger partial charge in [0, 0.05) is 10.1 Å². The van der Waals surface area contributed by atoms with E-state index in [0.29, 0.717) is 21.1 Å². The Kier molecular flexibility index (Phi) is 3.52. The third-order valence-corrected chi connectivity index (χ3v) is 5.81. The van der Waals surface area contributed by atoms with E-state index in [0.717, 1.165) is 32.9 Å². The van der Waals surface area contributed by atoms with E-state index in [-0.39, 0.29) is 5.91 Å². The molecule has 0 fully saturated rings. The molecule has 2 aromatic heterocycles. The van der Waals surface area contributed by atoms with E-state index in [4.69, 9.17) is 11.6 Å². The summed E-state index contributed by atoms with van der Waals surface area (Å²) < 4.78 is 9.54. The number of thiophene rings is 1. The largest absolute Gasteiger partial charge is 0.319 e. The smallest absolute Gasteiger partial charge is 0.267 e. The molecule has 0 saturated heterocycles. The van der Waals surface area contributed by atoms with Crippen molar-refractivity contribution in [3.63, 3.8) is 0 Å². The van der Waals surface area contributed by atoms with Crippen molar-refractivity contribution in [3.8, 4) is 0 Å². The minimum atomic E-state index is -0.227. The van der Waals surface area contributed by atoms with Gasteiger partial charge in [-0.3, -0.25) is 4.79 Å².